The maximum Gasteiger partial charge on any atom is 0.254 e. The molecule has 1 fully saturated rings. The van der Waals surface area contributed by atoms with E-state index in [0.717, 1.165) is 29.5 Å². The Hall–Kier alpha value is -2.13. The van der Waals surface area contributed by atoms with Crippen molar-refractivity contribution in [3.63, 3.8) is 0 Å². The zero-order valence-electron chi connectivity index (χ0n) is 14.4. The Morgan fingerprint density at radius 2 is 1.75 bits per heavy atom. The summed E-state index contributed by atoms with van der Waals surface area (Å²) < 4.78 is 0. The van der Waals surface area contributed by atoms with Gasteiger partial charge in [-0.05, 0) is 49.8 Å². The maximum atomic E-state index is 12.7. The lowest BCUT2D eigenvalue weighted by molar-refractivity contribution is 0.0462. The summed E-state index contributed by atoms with van der Waals surface area (Å²) in [5, 5.41) is 10.6. The van der Waals surface area contributed by atoms with Gasteiger partial charge in [-0.2, -0.15) is 0 Å². The zero-order valence-corrected chi connectivity index (χ0v) is 14.4. The van der Waals surface area contributed by atoms with Crippen LogP contribution in [0.4, 0.5) is 0 Å². The smallest absolute Gasteiger partial charge is 0.254 e. The van der Waals surface area contributed by atoms with E-state index >= 15 is 0 Å². The maximum absolute atomic E-state index is 12.7. The van der Waals surface area contributed by atoms with Gasteiger partial charge in [-0.1, -0.05) is 48.0 Å². The lowest BCUT2D eigenvalue weighted by Gasteiger charge is -2.34. The highest BCUT2D eigenvalue weighted by molar-refractivity contribution is 5.95. The van der Waals surface area contributed by atoms with Crippen molar-refractivity contribution in [2.45, 2.75) is 32.8 Å². The second-order valence-electron chi connectivity index (χ2n) is 6.80. The summed E-state index contributed by atoms with van der Waals surface area (Å²) in [6.07, 6.45) is 1.24. The lowest BCUT2D eigenvalue weighted by Crippen LogP contribution is -2.40. The van der Waals surface area contributed by atoms with Crippen molar-refractivity contribution in [1.82, 2.24) is 4.90 Å². The second kappa shape index (κ2) is 7.18. The van der Waals surface area contributed by atoms with E-state index in [1.54, 1.807) is 0 Å². The Morgan fingerprint density at radius 1 is 1.08 bits per heavy atom. The van der Waals surface area contributed by atoms with Gasteiger partial charge in [0.25, 0.3) is 5.91 Å². The molecule has 0 spiro atoms. The van der Waals surface area contributed by atoms with Crippen molar-refractivity contribution in [3.8, 4) is 0 Å². The number of hydrogen-bond acceptors (Lipinski definition) is 2. The van der Waals surface area contributed by atoms with Crippen molar-refractivity contribution >= 4 is 5.91 Å². The summed E-state index contributed by atoms with van der Waals surface area (Å²) in [4.78, 5) is 14.7. The summed E-state index contributed by atoms with van der Waals surface area (Å²) in [6, 6.07) is 15.8. The Labute approximate surface area is 143 Å². The van der Waals surface area contributed by atoms with Crippen LogP contribution in [-0.4, -0.2) is 29.0 Å². The number of likely N-dealkylation sites (tertiary alicyclic amines) is 1. The van der Waals surface area contributed by atoms with E-state index in [4.69, 9.17) is 0 Å². The number of nitrogens with zero attached hydrogens (tertiary/aromatic N) is 1. The third kappa shape index (κ3) is 3.51. The molecular formula is C21H25NO2. The average Bonchev–Trinajstić information content (AvgIpc) is 2.61. The second-order valence-corrected chi connectivity index (χ2v) is 6.80. The van der Waals surface area contributed by atoms with Crippen LogP contribution in [0.25, 0.3) is 0 Å². The van der Waals surface area contributed by atoms with Crippen LogP contribution in [0, 0.1) is 19.8 Å². The molecule has 1 saturated heterocycles. The molecule has 1 heterocycles. The van der Waals surface area contributed by atoms with Gasteiger partial charge < -0.3 is 10.0 Å². The fraction of sp³-hybridized carbons (Fsp3) is 0.381. The van der Waals surface area contributed by atoms with Crippen LogP contribution >= 0.6 is 0 Å². The first-order valence-electron chi connectivity index (χ1n) is 8.66. The van der Waals surface area contributed by atoms with Gasteiger partial charge in [-0.15, -0.1) is 0 Å². The van der Waals surface area contributed by atoms with Gasteiger partial charge in [0.2, 0.25) is 0 Å². The van der Waals surface area contributed by atoms with E-state index in [-0.39, 0.29) is 11.8 Å². The van der Waals surface area contributed by atoms with Gasteiger partial charge >= 0.3 is 0 Å². The number of amides is 1. The van der Waals surface area contributed by atoms with E-state index < -0.39 is 6.10 Å². The van der Waals surface area contributed by atoms with Crippen molar-refractivity contribution in [3.05, 3.63) is 70.8 Å². The molecule has 24 heavy (non-hydrogen) atoms. The van der Waals surface area contributed by atoms with Crippen molar-refractivity contribution in [1.29, 1.82) is 0 Å². The number of aliphatic hydroxyl groups excluding tert-OH is 1. The Kier molecular flexibility index (Phi) is 5.00. The number of carbonyl (C=O) groups excluding carboxylic acids is 1. The molecule has 126 valence electrons. The molecule has 3 rings (SSSR count). The molecule has 0 bridgehead atoms. The monoisotopic (exact) mass is 323 g/mol. The molecule has 1 amide bonds. The van der Waals surface area contributed by atoms with Crippen molar-refractivity contribution < 1.29 is 9.90 Å². The molecular weight excluding hydrogens is 298 g/mol. The van der Waals surface area contributed by atoms with Crippen molar-refractivity contribution in [2.75, 3.05) is 13.1 Å². The highest BCUT2D eigenvalue weighted by Gasteiger charge is 2.29. The molecule has 1 aliphatic heterocycles. The average molecular weight is 323 g/mol. The fourth-order valence-corrected chi connectivity index (χ4v) is 3.56. The standard InChI is InChI=1S/C21H25NO2/c1-15-8-9-19(16(2)14-15)21(24)22-12-10-18(11-13-22)20(23)17-6-4-3-5-7-17/h3-9,14,18,20,23H,10-13H2,1-2H3. The first kappa shape index (κ1) is 16.7. The Morgan fingerprint density at radius 3 is 2.38 bits per heavy atom. The number of aliphatic hydroxyl groups is 1. The minimum absolute atomic E-state index is 0.111. The van der Waals surface area contributed by atoms with Crippen LogP contribution in [0.1, 0.15) is 46.0 Å². The molecule has 1 aliphatic rings. The minimum atomic E-state index is -0.440. The largest absolute Gasteiger partial charge is 0.388 e. The van der Waals surface area contributed by atoms with Gasteiger partial charge in [0, 0.05) is 18.7 Å². The Bertz CT molecular complexity index is 703. The molecule has 0 radical (unpaired) electrons. The molecule has 0 aromatic heterocycles. The highest BCUT2D eigenvalue weighted by Crippen LogP contribution is 2.31. The highest BCUT2D eigenvalue weighted by atomic mass is 16.3. The molecule has 1 N–H and O–H groups in total. The predicted octanol–water partition coefficient (Wildman–Crippen LogP) is 3.89. The first-order chi connectivity index (χ1) is 11.6. The van der Waals surface area contributed by atoms with Crippen LogP contribution in [0.5, 0.6) is 0 Å². The number of benzene rings is 2. The molecule has 2 aromatic carbocycles. The quantitative estimate of drug-likeness (QED) is 0.931. The molecule has 1 atom stereocenters. The number of carbonyl (C=O) groups is 1. The van der Waals surface area contributed by atoms with Crippen LogP contribution in [0.15, 0.2) is 48.5 Å². The zero-order chi connectivity index (χ0) is 17.1. The lowest BCUT2D eigenvalue weighted by atomic mass is 9.87. The van der Waals surface area contributed by atoms with Crippen LogP contribution in [0.2, 0.25) is 0 Å². The topological polar surface area (TPSA) is 40.5 Å². The summed E-state index contributed by atoms with van der Waals surface area (Å²) in [6.45, 7) is 5.45. The summed E-state index contributed by atoms with van der Waals surface area (Å²) in [5.41, 5.74) is 3.97. The number of aryl methyl sites for hydroxylation is 2. The molecule has 1 unspecified atom stereocenters. The van der Waals surface area contributed by atoms with Crippen LogP contribution in [-0.2, 0) is 0 Å². The van der Waals surface area contributed by atoms with Gasteiger partial charge in [-0.3, -0.25) is 4.79 Å². The van der Waals surface area contributed by atoms with Gasteiger partial charge in [0.05, 0.1) is 6.10 Å². The van der Waals surface area contributed by atoms with Gasteiger partial charge in [0.15, 0.2) is 0 Å². The van der Waals surface area contributed by atoms with E-state index in [1.165, 1.54) is 5.56 Å². The predicted molar refractivity (Wildman–Crippen MR) is 95.9 cm³/mol. The van der Waals surface area contributed by atoms with E-state index in [1.807, 2.05) is 61.2 Å². The summed E-state index contributed by atoms with van der Waals surface area (Å²) >= 11 is 0. The minimum Gasteiger partial charge on any atom is -0.388 e. The molecule has 3 heteroatoms. The first-order valence-corrected chi connectivity index (χ1v) is 8.66. The SMILES string of the molecule is Cc1ccc(C(=O)N2CCC(C(O)c3ccccc3)CC2)c(C)c1. The molecule has 0 aliphatic carbocycles. The van der Waals surface area contributed by atoms with E-state index in [0.29, 0.717) is 13.1 Å². The van der Waals surface area contributed by atoms with Crippen LogP contribution < -0.4 is 0 Å². The number of hydrogen-bond donors (Lipinski definition) is 1. The summed E-state index contributed by atoms with van der Waals surface area (Å²) in [5.74, 6) is 0.329. The van der Waals surface area contributed by atoms with Crippen molar-refractivity contribution in [2.24, 2.45) is 5.92 Å². The Balaban J connectivity index is 1.63. The van der Waals surface area contributed by atoms with Crippen LogP contribution in [0.3, 0.4) is 0 Å². The fourth-order valence-electron chi connectivity index (χ4n) is 3.56. The number of rotatable bonds is 3. The molecule has 0 saturated carbocycles. The third-order valence-electron chi connectivity index (χ3n) is 5.03. The molecule has 2 aromatic rings. The van der Waals surface area contributed by atoms with Gasteiger partial charge in [-0.25, -0.2) is 0 Å². The van der Waals surface area contributed by atoms with E-state index in [9.17, 15) is 9.90 Å². The third-order valence-corrected chi connectivity index (χ3v) is 5.03. The summed E-state index contributed by atoms with van der Waals surface area (Å²) in [7, 11) is 0. The normalized spacial score (nSPS) is 16.9. The van der Waals surface area contributed by atoms with Gasteiger partial charge in [0.1, 0.15) is 0 Å². The van der Waals surface area contributed by atoms with E-state index in [2.05, 4.69) is 6.07 Å². The molecule has 3 nitrogen and oxygen atoms in total. The number of piperidine rings is 1.